The monoisotopic (exact) mass is 502 g/mol. The third-order valence-electron chi connectivity index (χ3n) is 3.74. The molecule has 0 amide bonds. The van der Waals surface area contributed by atoms with Crippen molar-refractivity contribution in [1.29, 1.82) is 0 Å². The Morgan fingerprint density at radius 3 is 1.65 bits per heavy atom. The van der Waals surface area contributed by atoms with Crippen LogP contribution in [0.4, 0.5) is 57.1 Å². The second-order valence-corrected chi connectivity index (χ2v) is 6.27. The Morgan fingerprint density at radius 2 is 1.19 bits per heavy atom. The smallest absolute Gasteiger partial charge is 0.460 e. The predicted octanol–water partition coefficient (Wildman–Crippen LogP) is 6.63. The van der Waals surface area contributed by atoms with Gasteiger partial charge in [-0.05, 0) is 12.1 Å². The predicted molar refractivity (Wildman–Crippen MR) is 77.1 cm³/mol. The Labute approximate surface area is 168 Å². The third kappa shape index (κ3) is 4.51. The first-order valence-electron chi connectivity index (χ1n) is 7.52. The number of carbonyl (C=O) groups excluding carboxylic acids is 1. The molecule has 16 heteroatoms. The molecule has 1 aromatic rings. The second kappa shape index (κ2) is 8.20. The molecular formula is C15H8ClF13O2. The van der Waals surface area contributed by atoms with Crippen LogP contribution in [-0.4, -0.2) is 48.4 Å². The SMILES string of the molecule is O=C(OCCC(F)(F)C(F)(F)C(F)(F)C(F)(F)C(F)(F)C(F)(F)F)c1ccccc1Cl. The van der Waals surface area contributed by atoms with Crippen LogP contribution < -0.4 is 0 Å². The molecule has 0 fully saturated rings. The Bertz CT molecular complexity index is 804. The molecule has 0 unspecified atom stereocenters. The van der Waals surface area contributed by atoms with Gasteiger partial charge in [0.05, 0.1) is 23.6 Å². The van der Waals surface area contributed by atoms with E-state index in [9.17, 15) is 61.9 Å². The standard InChI is InChI=1S/C15H8ClF13O2/c16-8-4-2-1-3-7(8)9(30)31-6-5-10(17,18)11(19,20)12(21,22)13(23,24)14(25,26)15(27,28)29/h1-4H,5-6H2. The number of carbonyl (C=O) groups is 1. The van der Waals surface area contributed by atoms with Crippen LogP contribution >= 0.6 is 11.6 Å². The van der Waals surface area contributed by atoms with Crippen molar-refractivity contribution in [3.63, 3.8) is 0 Å². The number of esters is 1. The summed E-state index contributed by atoms with van der Waals surface area (Å²) in [6.45, 7) is -1.84. The fourth-order valence-corrected chi connectivity index (χ4v) is 2.15. The van der Waals surface area contributed by atoms with Gasteiger partial charge in [-0.3, -0.25) is 0 Å². The minimum atomic E-state index is -7.97. The fourth-order valence-electron chi connectivity index (χ4n) is 1.94. The molecule has 0 saturated heterocycles. The lowest BCUT2D eigenvalue weighted by molar-refractivity contribution is -0.440. The number of ether oxygens (including phenoxy) is 1. The van der Waals surface area contributed by atoms with E-state index in [1.807, 2.05) is 0 Å². The van der Waals surface area contributed by atoms with Crippen molar-refractivity contribution < 1.29 is 66.6 Å². The normalized spacial score (nSPS) is 14.5. The van der Waals surface area contributed by atoms with E-state index in [4.69, 9.17) is 11.6 Å². The molecule has 0 atom stereocenters. The summed E-state index contributed by atoms with van der Waals surface area (Å²) in [7, 11) is 0. The molecule has 0 heterocycles. The van der Waals surface area contributed by atoms with Gasteiger partial charge in [-0.15, -0.1) is 0 Å². The van der Waals surface area contributed by atoms with Gasteiger partial charge in [0.25, 0.3) is 0 Å². The lowest BCUT2D eigenvalue weighted by atomic mass is 9.93. The molecule has 0 aliphatic carbocycles. The molecule has 0 bridgehead atoms. The van der Waals surface area contributed by atoms with E-state index < -0.39 is 60.3 Å². The van der Waals surface area contributed by atoms with Crippen LogP contribution in [0, 0.1) is 0 Å². The largest absolute Gasteiger partial charge is 0.462 e. The van der Waals surface area contributed by atoms with E-state index in [2.05, 4.69) is 4.74 Å². The molecular weight excluding hydrogens is 495 g/mol. The number of rotatable bonds is 8. The first-order chi connectivity index (χ1) is 13.6. The topological polar surface area (TPSA) is 26.3 Å². The molecule has 31 heavy (non-hydrogen) atoms. The Balaban J connectivity index is 3.09. The molecule has 0 spiro atoms. The van der Waals surface area contributed by atoms with Gasteiger partial charge in [-0.1, -0.05) is 23.7 Å². The summed E-state index contributed by atoms with van der Waals surface area (Å²) >= 11 is 5.54. The van der Waals surface area contributed by atoms with Gasteiger partial charge >= 0.3 is 41.8 Å². The van der Waals surface area contributed by atoms with Crippen molar-refractivity contribution in [3.05, 3.63) is 34.9 Å². The molecule has 2 nitrogen and oxygen atoms in total. The van der Waals surface area contributed by atoms with Gasteiger partial charge in [0.2, 0.25) is 0 Å². The van der Waals surface area contributed by atoms with Crippen molar-refractivity contribution in [2.75, 3.05) is 6.61 Å². The highest BCUT2D eigenvalue weighted by atomic mass is 35.5. The number of hydrogen-bond acceptors (Lipinski definition) is 2. The lowest BCUT2D eigenvalue weighted by Gasteiger charge is -2.39. The molecule has 1 aromatic carbocycles. The first-order valence-corrected chi connectivity index (χ1v) is 7.90. The van der Waals surface area contributed by atoms with E-state index in [-0.39, 0.29) is 5.02 Å². The van der Waals surface area contributed by atoms with Gasteiger partial charge < -0.3 is 4.74 Å². The summed E-state index contributed by atoms with van der Waals surface area (Å²) in [4.78, 5) is 11.6. The van der Waals surface area contributed by atoms with E-state index >= 15 is 0 Å². The quantitative estimate of drug-likeness (QED) is 0.295. The second-order valence-electron chi connectivity index (χ2n) is 5.87. The number of alkyl halides is 13. The summed E-state index contributed by atoms with van der Waals surface area (Å²) < 4.78 is 172. The molecule has 0 radical (unpaired) electrons. The van der Waals surface area contributed by atoms with Gasteiger partial charge in [0.1, 0.15) is 0 Å². The van der Waals surface area contributed by atoms with Crippen LogP contribution in [-0.2, 0) is 4.74 Å². The molecule has 0 aliphatic rings. The van der Waals surface area contributed by atoms with Gasteiger partial charge in [-0.25, -0.2) is 4.79 Å². The summed E-state index contributed by atoms with van der Waals surface area (Å²) in [6, 6.07) is 4.55. The third-order valence-corrected chi connectivity index (χ3v) is 4.07. The van der Waals surface area contributed by atoms with Crippen molar-refractivity contribution in [3.8, 4) is 0 Å². The molecule has 0 aromatic heterocycles. The molecule has 0 N–H and O–H groups in total. The summed E-state index contributed by atoms with van der Waals surface area (Å²) in [5.41, 5.74) is -0.499. The van der Waals surface area contributed by atoms with Crippen LogP contribution in [0.15, 0.2) is 24.3 Å². The average molecular weight is 503 g/mol. The van der Waals surface area contributed by atoms with Crippen molar-refractivity contribution in [1.82, 2.24) is 0 Å². The van der Waals surface area contributed by atoms with Gasteiger partial charge in [0, 0.05) is 0 Å². The van der Waals surface area contributed by atoms with Crippen LogP contribution in [0.5, 0.6) is 0 Å². The zero-order valence-corrected chi connectivity index (χ0v) is 15.1. The van der Waals surface area contributed by atoms with Crippen LogP contribution in [0.3, 0.4) is 0 Å². The number of benzene rings is 1. The van der Waals surface area contributed by atoms with Gasteiger partial charge in [-0.2, -0.15) is 57.1 Å². The summed E-state index contributed by atoms with van der Waals surface area (Å²) in [6.07, 6.45) is -10.1. The van der Waals surface area contributed by atoms with Crippen molar-refractivity contribution >= 4 is 17.6 Å². The summed E-state index contributed by atoms with van der Waals surface area (Å²) in [5.74, 6) is -38.9. The Hall–Kier alpha value is -1.93. The molecule has 0 saturated carbocycles. The van der Waals surface area contributed by atoms with E-state index in [1.165, 1.54) is 12.1 Å². The first kappa shape index (κ1) is 27.1. The van der Waals surface area contributed by atoms with Crippen molar-refractivity contribution in [2.24, 2.45) is 0 Å². The summed E-state index contributed by atoms with van der Waals surface area (Å²) in [5, 5.41) is -0.315. The van der Waals surface area contributed by atoms with Crippen molar-refractivity contribution in [2.45, 2.75) is 42.2 Å². The zero-order valence-electron chi connectivity index (χ0n) is 14.3. The highest BCUT2D eigenvalue weighted by Crippen LogP contribution is 2.60. The Morgan fingerprint density at radius 1 is 0.742 bits per heavy atom. The maximum absolute atomic E-state index is 13.5. The average Bonchev–Trinajstić information content (AvgIpc) is 2.60. The number of hydrogen-bond donors (Lipinski definition) is 0. The van der Waals surface area contributed by atoms with E-state index in [0.29, 0.717) is 0 Å². The van der Waals surface area contributed by atoms with Gasteiger partial charge in [0.15, 0.2) is 0 Å². The van der Waals surface area contributed by atoms with Crippen LogP contribution in [0.1, 0.15) is 16.8 Å². The molecule has 178 valence electrons. The van der Waals surface area contributed by atoms with Crippen LogP contribution in [0.25, 0.3) is 0 Å². The van der Waals surface area contributed by atoms with E-state index in [1.54, 1.807) is 0 Å². The van der Waals surface area contributed by atoms with Crippen LogP contribution in [0.2, 0.25) is 5.02 Å². The molecule has 1 rings (SSSR count). The highest BCUT2D eigenvalue weighted by Gasteiger charge is 2.90. The minimum absolute atomic E-state index is 0.315. The number of halogens is 14. The maximum Gasteiger partial charge on any atom is 0.460 e. The Kier molecular flexibility index (Phi) is 7.17. The highest BCUT2D eigenvalue weighted by molar-refractivity contribution is 6.33. The minimum Gasteiger partial charge on any atom is -0.462 e. The van der Waals surface area contributed by atoms with E-state index in [0.717, 1.165) is 12.1 Å². The fraction of sp³-hybridized carbons (Fsp3) is 0.533. The lowest BCUT2D eigenvalue weighted by Crippen LogP contribution is -2.70. The maximum atomic E-state index is 13.5. The molecule has 0 aliphatic heterocycles. The zero-order chi connectivity index (χ0) is 24.7.